The Balaban J connectivity index is 1.03. The first-order chi connectivity index (χ1) is 26.7. The number of nitrogens with zero attached hydrogens (tertiary/aromatic N) is 2. The van der Waals surface area contributed by atoms with Crippen LogP contribution in [0, 0.1) is 0 Å². The number of hydrogen-bond donors (Lipinski definition) is 0. The summed E-state index contributed by atoms with van der Waals surface area (Å²) < 4.78 is 7.78. The molecule has 0 radical (unpaired) electrons. The maximum atomic E-state index is 6.58. The molecule has 0 unspecified atom stereocenters. The fourth-order valence-electron chi connectivity index (χ4n) is 7.92. The van der Waals surface area contributed by atoms with Crippen molar-refractivity contribution in [3.05, 3.63) is 182 Å². The Morgan fingerprint density at radius 2 is 0.963 bits per heavy atom. The Labute approximate surface area is 315 Å². The van der Waals surface area contributed by atoms with Crippen molar-refractivity contribution in [2.75, 3.05) is 0 Å². The van der Waals surface area contributed by atoms with Crippen LogP contribution >= 0.6 is 11.3 Å². The normalized spacial score (nSPS) is 11.7. The highest BCUT2D eigenvalue weighted by Gasteiger charge is 2.21. The highest BCUT2D eigenvalue weighted by atomic mass is 32.1. The molecule has 8 aromatic carbocycles. The van der Waals surface area contributed by atoms with E-state index < -0.39 is 0 Å². The monoisotopic (exact) mass is 706 g/mol. The summed E-state index contributed by atoms with van der Waals surface area (Å²) in [5.41, 5.74) is 13.9. The molecule has 0 atom stereocenters. The first-order valence-corrected chi connectivity index (χ1v) is 19.0. The maximum absolute atomic E-state index is 6.58. The van der Waals surface area contributed by atoms with Crippen molar-refractivity contribution in [1.82, 2.24) is 9.97 Å². The molecular formula is C50H30N2OS. The van der Waals surface area contributed by atoms with E-state index in [0.717, 1.165) is 82.3 Å². The number of fused-ring (bicyclic) bond motifs is 7. The summed E-state index contributed by atoms with van der Waals surface area (Å²) in [7, 11) is 0. The topological polar surface area (TPSA) is 38.9 Å². The van der Waals surface area contributed by atoms with Crippen LogP contribution in [-0.2, 0) is 0 Å². The fourth-order valence-corrected chi connectivity index (χ4v) is 8.87. The minimum absolute atomic E-state index is 0.861. The van der Waals surface area contributed by atoms with Crippen LogP contribution < -0.4 is 0 Å². The molecule has 0 aliphatic carbocycles. The van der Waals surface area contributed by atoms with Crippen LogP contribution in [-0.4, -0.2) is 9.97 Å². The predicted molar refractivity (Wildman–Crippen MR) is 227 cm³/mol. The van der Waals surface area contributed by atoms with E-state index in [2.05, 4.69) is 164 Å². The second-order valence-corrected chi connectivity index (χ2v) is 14.7. The Bertz CT molecular complexity index is 3180. The van der Waals surface area contributed by atoms with E-state index in [9.17, 15) is 0 Å². The van der Waals surface area contributed by atoms with E-state index in [1.807, 2.05) is 18.2 Å². The lowest BCUT2D eigenvalue weighted by Crippen LogP contribution is -1.93. The van der Waals surface area contributed by atoms with Crippen molar-refractivity contribution in [2.24, 2.45) is 0 Å². The molecule has 4 heteroatoms. The Morgan fingerprint density at radius 3 is 1.70 bits per heavy atom. The zero-order valence-electron chi connectivity index (χ0n) is 29.0. The Kier molecular flexibility index (Phi) is 7.04. The van der Waals surface area contributed by atoms with Gasteiger partial charge in [0, 0.05) is 43.6 Å². The fraction of sp³-hybridized carbons (Fsp3) is 0. The maximum Gasteiger partial charge on any atom is 0.136 e. The minimum atomic E-state index is 0.861. The zero-order valence-corrected chi connectivity index (χ0v) is 29.8. The summed E-state index contributed by atoms with van der Waals surface area (Å²) in [5, 5.41) is 6.67. The molecule has 0 aliphatic heterocycles. The second-order valence-electron chi connectivity index (χ2n) is 13.7. The number of furan rings is 1. The first kappa shape index (κ1) is 30.7. The minimum Gasteiger partial charge on any atom is -0.456 e. The number of pyridine rings is 1. The van der Waals surface area contributed by atoms with Crippen molar-refractivity contribution < 1.29 is 4.42 Å². The molecule has 0 spiro atoms. The van der Waals surface area contributed by atoms with Gasteiger partial charge in [0.25, 0.3) is 0 Å². The zero-order chi connectivity index (χ0) is 35.6. The number of hydrogen-bond acceptors (Lipinski definition) is 4. The number of benzene rings is 8. The van der Waals surface area contributed by atoms with E-state index in [1.54, 1.807) is 11.3 Å². The van der Waals surface area contributed by atoms with Crippen molar-refractivity contribution in [3.8, 4) is 55.2 Å². The number of para-hydroxylation sites is 2. The van der Waals surface area contributed by atoms with Gasteiger partial charge in [-0.25, -0.2) is 9.97 Å². The first-order valence-electron chi connectivity index (χ1n) is 18.1. The summed E-state index contributed by atoms with van der Waals surface area (Å²) in [6.07, 6.45) is 0. The van der Waals surface area contributed by atoms with Gasteiger partial charge in [-0.1, -0.05) is 152 Å². The summed E-state index contributed by atoms with van der Waals surface area (Å²) in [4.78, 5) is 10.2. The van der Waals surface area contributed by atoms with E-state index in [1.165, 1.54) is 26.8 Å². The highest BCUT2D eigenvalue weighted by Crippen LogP contribution is 2.46. The van der Waals surface area contributed by atoms with E-state index in [4.69, 9.17) is 14.4 Å². The molecule has 0 saturated carbocycles. The molecule has 0 amide bonds. The van der Waals surface area contributed by atoms with Gasteiger partial charge in [0.1, 0.15) is 16.2 Å². The third-order valence-electron chi connectivity index (χ3n) is 10.5. The quantitative estimate of drug-likeness (QED) is 0.167. The summed E-state index contributed by atoms with van der Waals surface area (Å²) >= 11 is 1.74. The van der Waals surface area contributed by atoms with E-state index >= 15 is 0 Å². The lowest BCUT2D eigenvalue weighted by atomic mass is 9.89. The van der Waals surface area contributed by atoms with Gasteiger partial charge in [-0.2, -0.15) is 0 Å². The van der Waals surface area contributed by atoms with Crippen LogP contribution in [0.5, 0.6) is 0 Å². The van der Waals surface area contributed by atoms with Crippen molar-refractivity contribution >= 4 is 65.2 Å². The molecular weight excluding hydrogens is 677 g/mol. The van der Waals surface area contributed by atoms with Gasteiger partial charge < -0.3 is 4.42 Å². The van der Waals surface area contributed by atoms with Crippen LogP contribution in [0.2, 0.25) is 0 Å². The van der Waals surface area contributed by atoms with Gasteiger partial charge in [-0.05, 0) is 58.1 Å². The van der Waals surface area contributed by atoms with Crippen molar-refractivity contribution in [1.29, 1.82) is 0 Å². The van der Waals surface area contributed by atoms with E-state index in [0.29, 0.717) is 0 Å². The predicted octanol–water partition coefficient (Wildman–Crippen LogP) is 14.2. The van der Waals surface area contributed by atoms with Gasteiger partial charge in [0.2, 0.25) is 0 Å². The number of rotatable bonds is 5. The van der Waals surface area contributed by atoms with Gasteiger partial charge >= 0.3 is 0 Å². The number of thiazole rings is 1. The molecule has 3 nitrogen and oxygen atoms in total. The second kappa shape index (κ2) is 12.4. The van der Waals surface area contributed by atoms with Crippen LogP contribution in [0.3, 0.4) is 0 Å². The van der Waals surface area contributed by atoms with E-state index in [-0.39, 0.29) is 0 Å². The van der Waals surface area contributed by atoms with Crippen LogP contribution in [0.15, 0.2) is 186 Å². The van der Waals surface area contributed by atoms with Crippen molar-refractivity contribution in [2.45, 2.75) is 0 Å². The molecule has 0 bridgehead atoms. The summed E-state index contributed by atoms with van der Waals surface area (Å²) in [6, 6.07) is 64.4. The molecule has 0 N–H and O–H groups in total. The van der Waals surface area contributed by atoms with Crippen LogP contribution in [0.1, 0.15) is 0 Å². The molecule has 54 heavy (non-hydrogen) atoms. The molecule has 11 aromatic rings. The lowest BCUT2D eigenvalue weighted by molar-refractivity contribution is 0.669. The summed E-state index contributed by atoms with van der Waals surface area (Å²) in [6.45, 7) is 0. The number of aromatic nitrogens is 2. The van der Waals surface area contributed by atoms with Gasteiger partial charge in [0.15, 0.2) is 0 Å². The molecule has 3 heterocycles. The molecule has 0 fully saturated rings. The summed E-state index contributed by atoms with van der Waals surface area (Å²) in [5.74, 6) is 0. The molecule has 252 valence electrons. The van der Waals surface area contributed by atoms with Gasteiger partial charge in [-0.3, -0.25) is 0 Å². The van der Waals surface area contributed by atoms with Gasteiger partial charge in [0.05, 0.1) is 21.4 Å². The van der Waals surface area contributed by atoms with Gasteiger partial charge in [-0.15, -0.1) is 11.3 Å². The average Bonchev–Trinajstić information content (AvgIpc) is 3.85. The molecule has 3 aromatic heterocycles. The Hall–Kier alpha value is -6.88. The average molecular weight is 707 g/mol. The Morgan fingerprint density at radius 1 is 0.370 bits per heavy atom. The SMILES string of the molecule is c1ccc(-c2nc3cc(-c4ccc(-c5ccc(-c6c7c(cc8c(-c9ccccc9)nc9ccccc9c68)oc6ccccc67)cc5)cc4)ccc3s2)cc1. The van der Waals surface area contributed by atoms with Crippen LogP contribution in [0.25, 0.3) is 109 Å². The highest BCUT2D eigenvalue weighted by molar-refractivity contribution is 7.21. The molecule has 0 aliphatic rings. The standard InChI is InChI=1S/C50H30N2OS/c1-3-11-35(12-4-1)49-40-30-44-48(39-16-8-10-18-43(39)53-44)46(47(40)38-15-7-9-17-41(38)51-49)34-25-23-32(24-26-34)31-19-21-33(22-20-31)37-27-28-45-42(29-37)52-50(54-45)36-13-5-2-6-14-36/h1-30H. The van der Waals surface area contributed by atoms with Crippen LogP contribution in [0.4, 0.5) is 0 Å². The largest absolute Gasteiger partial charge is 0.456 e. The molecule has 0 saturated heterocycles. The van der Waals surface area contributed by atoms with Crippen molar-refractivity contribution in [3.63, 3.8) is 0 Å². The third-order valence-corrected chi connectivity index (χ3v) is 11.6. The molecule has 11 rings (SSSR count). The third kappa shape index (κ3) is 5.03. The lowest BCUT2D eigenvalue weighted by Gasteiger charge is -2.16. The smallest absolute Gasteiger partial charge is 0.136 e.